The van der Waals surface area contributed by atoms with Gasteiger partial charge in [0, 0.05) is 19.4 Å². The van der Waals surface area contributed by atoms with Crippen LogP contribution in [0.3, 0.4) is 0 Å². The second kappa shape index (κ2) is 47.8. The van der Waals surface area contributed by atoms with Crippen LogP contribution in [0.25, 0.3) is 0 Å². The van der Waals surface area contributed by atoms with E-state index in [9.17, 15) is 9.59 Å². The molecule has 1 atom stereocenters. The fourth-order valence-corrected chi connectivity index (χ4v) is 7.21. The van der Waals surface area contributed by atoms with Gasteiger partial charge in [-0.05, 0) is 70.6 Å². The Bertz CT molecular complexity index is 851. The topological polar surface area (TPSA) is 61.8 Å². The van der Waals surface area contributed by atoms with Crippen molar-refractivity contribution in [3.05, 3.63) is 24.3 Å². The standard InChI is InChI=1S/C51H96O5/c1-4-7-10-13-16-19-22-25-28-31-34-37-40-43-46-54-47-49(56-51(53)45-42-39-36-33-30-27-24-21-18-15-12-9-6-3)48-55-50(52)44-41-38-35-32-29-26-23-20-17-14-11-8-5-2/h20-21,23-24,49H,4-19,22,25-48H2,1-3H3/b23-20-,24-21-. The lowest BCUT2D eigenvalue weighted by Crippen LogP contribution is -2.30. The average Bonchev–Trinajstić information content (AvgIpc) is 3.20. The van der Waals surface area contributed by atoms with Crippen molar-refractivity contribution in [3.63, 3.8) is 0 Å². The molecular weight excluding hydrogens is 693 g/mol. The Kier molecular flexibility index (Phi) is 46.4. The molecule has 0 aliphatic heterocycles. The SMILES string of the molecule is CCCCCC/C=C\CCCCCCCC(=O)OCC(COCCCCCCCCCCCCCCCC)OC(=O)CCCCCCC/C=C\CCCCCC. The highest BCUT2D eigenvalue weighted by atomic mass is 16.6. The van der Waals surface area contributed by atoms with Crippen LogP contribution in [-0.4, -0.2) is 37.9 Å². The molecule has 0 radical (unpaired) electrons. The Morgan fingerprint density at radius 3 is 1.11 bits per heavy atom. The molecule has 330 valence electrons. The van der Waals surface area contributed by atoms with E-state index in [1.54, 1.807) is 0 Å². The number of carbonyl (C=O) groups excluding carboxylic acids is 2. The van der Waals surface area contributed by atoms with Gasteiger partial charge in [-0.15, -0.1) is 0 Å². The Labute approximate surface area is 349 Å². The van der Waals surface area contributed by atoms with E-state index in [1.165, 1.54) is 173 Å². The third-order valence-corrected chi connectivity index (χ3v) is 11.0. The molecule has 0 spiro atoms. The van der Waals surface area contributed by atoms with Crippen LogP contribution in [-0.2, 0) is 23.8 Å². The van der Waals surface area contributed by atoms with Gasteiger partial charge in [0.2, 0.25) is 0 Å². The van der Waals surface area contributed by atoms with E-state index in [0.29, 0.717) is 19.4 Å². The summed E-state index contributed by atoms with van der Waals surface area (Å²) in [6, 6.07) is 0. The molecule has 56 heavy (non-hydrogen) atoms. The van der Waals surface area contributed by atoms with E-state index < -0.39 is 6.10 Å². The summed E-state index contributed by atoms with van der Waals surface area (Å²) in [5, 5.41) is 0. The number of unbranched alkanes of at least 4 members (excludes halogenated alkanes) is 31. The zero-order chi connectivity index (χ0) is 40.7. The summed E-state index contributed by atoms with van der Waals surface area (Å²) >= 11 is 0. The predicted molar refractivity (Wildman–Crippen MR) is 242 cm³/mol. The molecule has 5 nitrogen and oxygen atoms in total. The summed E-state index contributed by atoms with van der Waals surface area (Å²) < 4.78 is 17.4. The lowest BCUT2D eigenvalue weighted by atomic mass is 10.0. The van der Waals surface area contributed by atoms with Gasteiger partial charge in [0.15, 0.2) is 6.10 Å². The first-order chi connectivity index (χ1) is 27.6. The highest BCUT2D eigenvalue weighted by Gasteiger charge is 2.17. The minimum absolute atomic E-state index is 0.0835. The second-order valence-corrected chi connectivity index (χ2v) is 16.7. The summed E-state index contributed by atoms with van der Waals surface area (Å²) in [6.45, 7) is 7.82. The largest absolute Gasteiger partial charge is 0.462 e. The molecule has 0 N–H and O–H groups in total. The summed E-state index contributed by atoms with van der Waals surface area (Å²) in [5.74, 6) is -0.404. The van der Waals surface area contributed by atoms with E-state index in [-0.39, 0.29) is 25.2 Å². The van der Waals surface area contributed by atoms with Crippen LogP contribution in [0.5, 0.6) is 0 Å². The Morgan fingerprint density at radius 1 is 0.375 bits per heavy atom. The van der Waals surface area contributed by atoms with Crippen LogP contribution >= 0.6 is 0 Å². The van der Waals surface area contributed by atoms with Gasteiger partial charge in [0.1, 0.15) is 6.61 Å². The zero-order valence-electron chi connectivity index (χ0n) is 37.9. The van der Waals surface area contributed by atoms with Gasteiger partial charge in [-0.1, -0.05) is 206 Å². The molecule has 0 aromatic rings. The molecule has 0 aromatic carbocycles. The van der Waals surface area contributed by atoms with E-state index in [0.717, 1.165) is 57.8 Å². The van der Waals surface area contributed by atoms with Gasteiger partial charge in [-0.2, -0.15) is 0 Å². The Balaban J connectivity index is 4.25. The minimum Gasteiger partial charge on any atom is -0.462 e. The van der Waals surface area contributed by atoms with Gasteiger partial charge in [0.25, 0.3) is 0 Å². The van der Waals surface area contributed by atoms with Crippen molar-refractivity contribution in [2.45, 2.75) is 271 Å². The minimum atomic E-state index is -0.536. The van der Waals surface area contributed by atoms with Crippen LogP contribution in [0.4, 0.5) is 0 Å². The quantitative estimate of drug-likeness (QED) is 0.0349. The molecule has 0 aliphatic rings. The molecule has 0 saturated heterocycles. The van der Waals surface area contributed by atoms with Gasteiger partial charge in [-0.3, -0.25) is 9.59 Å². The van der Waals surface area contributed by atoms with Crippen molar-refractivity contribution in [1.82, 2.24) is 0 Å². The van der Waals surface area contributed by atoms with Crippen LogP contribution in [0, 0.1) is 0 Å². The van der Waals surface area contributed by atoms with Crippen LogP contribution in [0.1, 0.15) is 265 Å². The lowest BCUT2D eigenvalue weighted by molar-refractivity contribution is -0.163. The third-order valence-electron chi connectivity index (χ3n) is 11.0. The fourth-order valence-electron chi connectivity index (χ4n) is 7.21. The molecule has 0 amide bonds. The predicted octanol–water partition coefficient (Wildman–Crippen LogP) is 16.5. The number of hydrogen-bond acceptors (Lipinski definition) is 5. The van der Waals surface area contributed by atoms with Gasteiger partial charge >= 0.3 is 11.9 Å². The van der Waals surface area contributed by atoms with Crippen LogP contribution in [0.15, 0.2) is 24.3 Å². The first-order valence-electron chi connectivity index (χ1n) is 24.9. The average molecular weight is 789 g/mol. The van der Waals surface area contributed by atoms with Crippen molar-refractivity contribution in [2.24, 2.45) is 0 Å². The van der Waals surface area contributed by atoms with E-state index >= 15 is 0 Å². The van der Waals surface area contributed by atoms with Gasteiger partial charge < -0.3 is 14.2 Å². The first kappa shape index (κ1) is 54.4. The normalized spacial score (nSPS) is 12.3. The zero-order valence-corrected chi connectivity index (χ0v) is 37.9. The number of hydrogen-bond donors (Lipinski definition) is 0. The lowest BCUT2D eigenvalue weighted by Gasteiger charge is -2.18. The number of ether oxygens (including phenoxy) is 3. The number of esters is 2. The number of rotatable bonds is 46. The smallest absolute Gasteiger partial charge is 0.306 e. The number of carbonyl (C=O) groups is 2. The monoisotopic (exact) mass is 789 g/mol. The van der Waals surface area contributed by atoms with Crippen molar-refractivity contribution < 1.29 is 23.8 Å². The van der Waals surface area contributed by atoms with Crippen molar-refractivity contribution >= 4 is 11.9 Å². The molecule has 0 saturated carbocycles. The summed E-state index contributed by atoms with van der Waals surface area (Å²) in [6.07, 6.45) is 54.6. The maximum absolute atomic E-state index is 12.7. The third kappa shape index (κ3) is 45.1. The molecule has 5 heteroatoms. The van der Waals surface area contributed by atoms with Gasteiger partial charge in [-0.25, -0.2) is 0 Å². The molecular formula is C51H96O5. The van der Waals surface area contributed by atoms with Crippen LogP contribution < -0.4 is 0 Å². The Morgan fingerprint density at radius 2 is 0.696 bits per heavy atom. The maximum Gasteiger partial charge on any atom is 0.306 e. The fraction of sp³-hybridized carbons (Fsp3) is 0.882. The molecule has 1 unspecified atom stereocenters. The van der Waals surface area contributed by atoms with Crippen molar-refractivity contribution in [2.75, 3.05) is 19.8 Å². The van der Waals surface area contributed by atoms with Crippen molar-refractivity contribution in [3.8, 4) is 0 Å². The Hall–Kier alpha value is -1.62. The molecule has 0 aliphatic carbocycles. The molecule has 0 bridgehead atoms. The second-order valence-electron chi connectivity index (χ2n) is 16.7. The van der Waals surface area contributed by atoms with Gasteiger partial charge in [0.05, 0.1) is 6.61 Å². The molecule has 0 aromatic heterocycles. The van der Waals surface area contributed by atoms with E-state index in [2.05, 4.69) is 45.1 Å². The highest BCUT2D eigenvalue weighted by Crippen LogP contribution is 2.15. The molecule has 0 rings (SSSR count). The molecule has 0 heterocycles. The summed E-state index contributed by atoms with van der Waals surface area (Å²) in [4.78, 5) is 25.3. The maximum atomic E-state index is 12.7. The summed E-state index contributed by atoms with van der Waals surface area (Å²) in [7, 11) is 0. The first-order valence-corrected chi connectivity index (χ1v) is 24.9. The van der Waals surface area contributed by atoms with Crippen molar-refractivity contribution in [1.29, 1.82) is 0 Å². The highest BCUT2D eigenvalue weighted by molar-refractivity contribution is 5.70. The number of allylic oxidation sites excluding steroid dienone is 4. The molecule has 0 fully saturated rings. The van der Waals surface area contributed by atoms with Crippen LogP contribution in [0.2, 0.25) is 0 Å². The van der Waals surface area contributed by atoms with E-state index in [4.69, 9.17) is 14.2 Å². The summed E-state index contributed by atoms with van der Waals surface area (Å²) in [5.41, 5.74) is 0. The van der Waals surface area contributed by atoms with E-state index in [1.807, 2.05) is 0 Å².